The first-order valence-corrected chi connectivity index (χ1v) is 8.74. The molecule has 0 saturated carbocycles. The van der Waals surface area contributed by atoms with Gasteiger partial charge in [-0.25, -0.2) is 0 Å². The number of benzene rings is 2. The lowest BCUT2D eigenvalue weighted by molar-refractivity contribution is -0.119. The Kier molecular flexibility index (Phi) is 5.91. The van der Waals surface area contributed by atoms with Crippen molar-refractivity contribution in [1.29, 1.82) is 0 Å². The van der Waals surface area contributed by atoms with Gasteiger partial charge in [0.15, 0.2) is 5.78 Å². The lowest BCUT2D eigenvalue weighted by atomic mass is 9.99. The van der Waals surface area contributed by atoms with Crippen molar-refractivity contribution in [3.8, 4) is 0 Å². The van der Waals surface area contributed by atoms with Gasteiger partial charge in [-0.1, -0.05) is 60.7 Å². The Morgan fingerprint density at radius 3 is 2.11 bits per heavy atom. The second kappa shape index (κ2) is 8.73. The lowest BCUT2D eigenvalue weighted by Gasteiger charge is -2.15. The second-order valence-corrected chi connectivity index (χ2v) is 6.24. The van der Waals surface area contributed by atoms with Crippen molar-refractivity contribution in [2.75, 3.05) is 0 Å². The minimum atomic E-state index is -0.884. The van der Waals surface area contributed by atoms with Crippen LogP contribution in [0.15, 0.2) is 79.0 Å². The Labute approximate surface area is 162 Å². The van der Waals surface area contributed by atoms with Crippen LogP contribution in [0.5, 0.6) is 0 Å². The molecule has 0 unspecified atom stereocenters. The molecule has 0 saturated heterocycles. The van der Waals surface area contributed by atoms with Crippen LogP contribution in [0.1, 0.15) is 32.0 Å². The molecule has 1 atom stereocenters. The highest BCUT2D eigenvalue weighted by atomic mass is 16.2. The highest BCUT2D eigenvalue weighted by molar-refractivity contribution is 6.08. The van der Waals surface area contributed by atoms with Crippen LogP contribution in [-0.4, -0.2) is 28.6 Å². The van der Waals surface area contributed by atoms with Crippen LogP contribution in [0.3, 0.4) is 0 Å². The van der Waals surface area contributed by atoms with E-state index in [0.717, 1.165) is 5.56 Å². The average Bonchev–Trinajstić information content (AvgIpc) is 2.74. The summed E-state index contributed by atoms with van der Waals surface area (Å²) in [6, 6.07) is 19.9. The molecule has 3 rings (SSSR count). The summed E-state index contributed by atoms with van der Waals surface area (Å²) >= 11 is 0. The summed E-state index contributed by atoms with van der Waals surface area (Å²) in [6.07, 6.45) is 1.71. The molecule has 0 bridgehead atoms. The van der Waals surface area contributed by atoms with Crippen LogP contribution in [0.2, 0.25) is 0 Å². The summed E-state index contributed by atoms with van der Waals surface area (Å²) in [5.41, 5.74) is 7.56. The van der Waals surface area contributed by atoms with Crippen molar-refractivity contribution in [2.45, 2.75) is 12.5 Å². The number of pyridine rings is 1. The first kappa shape index (κ1) is 19.0. The number of primary amides is 1. The number of carbonyl (C=O) groups is 3. The summed E-state index contributed by atoms with van der Waals surface area (Å²) < 4.78 is 0. The molecule has 140 valence electrons. The maximum absolute atomic E-state index is 12.5. The Morgan fingerprint density at radius 1 is 0.857 bits per heavy atom. The molecule has 3 N–H and O–H groups in total. The number of aromatic nitrogens is 1. The molecule has 0 aliphatic rings. The second-order valence-electron chi connectivity index (χ2n) is 6.24. The van der Waals surface area contributed by atoms with E-state index in [1.54, 1.807) is 54.6 Å². The largest absolute Gasteiger partial charge is 0.368 e. The van der Waals surface area contributed by atoms with Crippen LogP contribution < -0.4 is 11.1 Å². The minimum Gasteiger partial charge on any atom is -0.368 e. The Bertz CT molecular complexity index is 971. The average molecular weight is 373 g/mol. The molecular weight excluding hydrogens is 354 g/mol. The van der Waals surface area contributed by atoms with Crippen molar-refractivity contribution in [1.82, 2.24) is 10.3 Å². The van der Waals surface area contributed by atoms with Crippen molar-refractivity contribution in [3.05, 3.63) is 101 Å². The molecule has 6 nitrogen and oxygen atoms in total. The van der Waals surface area contributed by atoms with Gasteiger partial charge in [0, 0.05) is 23.7 Å². The van der Waals surface area contributed by atoms with E-state index in [2.05, 4.69) is 10.3 Å². The first-order chi connectivity index (χ1) is 13.5. The molecule has 2 amide bonds. The number of hydrogen-bond donors (Lipinski definition) is 2. The first-order valence-electron chi connectivity index (χ1n) is 8.74. The van der Waals surface area contributed by atoms with Crippen molar-refractivity contribution in [2.24, 2.45) is 5.73 Å². The number of nitrogens with two attached hydrogens (primary N) is 1. The van der Waals surface area contributed by atoms with E-state index in [-0.39, 0.29) is 17.9 Å². The minimum absolute atomic E-state index is 0.0814. The molecule has 1 aromatic heterocycles. The fourth-order valence-electron chi connectivity index (χ4n) is 2.74. The van der Waals surface area contributed by atoms with E-state index in [1.807, 2.05) is 18.2 Å². The van der Waals surface area contributed by atoms with Gasteiger partial charge in [-0.15, -0.1) is 0 Å². The predicted molar refractivity (Wildman–Crippen MR) is 105 cm³/mol. The molecule has 0 fully saturated rings. The van der Waals surface area contributed by atoms with E-state index in [0.29, 0.717) is 11.1 Å². The van der Waals surface area contributed by atoms with E-state index >= 15 is 0 Å². The Hall–Kier alpha value is -3.80. The zero-order valence-corrected chi connectivity index (χ0v) is 15.0. The third-order valence-corrected chi connectivity index (χ3v) is 4.24. The SMILES string of the molecule is NC(=O)[C@@H](Cc1ccc(C(=O)c2ccccc2)cc1)NC(=O)c1ccccn1. The Morgan fingerprint density at radius 2 is 1.50 bits per heavy atom. The highest BCUT2D eigenvalue weighted by Crippen LogP contribution is 2.12. The normalized spacial score (nSPS) is 11.4. The van der Waals surface area contributed by atoms with Crippen molar-refractivity contribution in [3.63, 3.8) is 0 Å². The summed E-state index contributed by atoms with van der Waals surface area (Å²) in [5, 5.41) is 2.60. The van der Waals surface area contributed by atoms with E-state index in [1.165, 1.54) is 6.20 Å². The lowest BCUT2D eigenvalue weighted by Crippen LogP contribution is -2.46. The fraction of sp³-hybridized carbons (Fsp3) is 0.0909. The van der Waals surface area contributed by atoms with E-state index in [4.69, 9.17) is 5.73 Å². The van der Waals surface area contributed by atoms with Gasteiger partial charge in [-0.2, -0.15) is 0 Å². The van der Waals surface area contributed by atoms with Gasteiger partial charge in [0.2, 0.25) is 5.91 Å². The zero-order valence-electron chi connectivity index (χ0n) is 15.0. The third kappa shape index (κ3) is 4.67. The fourth-order valence-corrected chi connectivity index (χ4v) is 2.74. The quantitative estimate of drug-likeness (QED) is 0.619. The number of rotatable bonds is 7. The zero-order chi connectivity index (χ0) is 19.9. The number of carbonyl (C=O) groups excluding carboxylic acids is 3. The maximum atomic E-state index is 12.5. The van der Waals surface area contributed by atoms with Gasteiger partial charge >= 0.3 is 0 Å². The number of nitrogens with zero attached hydrogens (tertiary/aromatic N) is 1. The molecule has 1 heterocycles. The van der Waals surface area contributed by atoms with Gasteiger partial charge in [-0.05, 0) is 17.7 Å². The number of amides is 2. The van der Waals surface area contributed by atoms with Crippen LogP contribution in [0.25, 0.3) is 0 Å². The third-order valence-electron chi connectivity index (χ3n) is 4.24. The maximum Gasteiger partial charge on any atom is 0.270 e. The van der Waals surface area contributed by atoms with E-state index < -0.39 is 17.9 Å². The van der Waals surface area contributed by atoms with Crippen molar-refractivity contribution < 1.29 is 14.4 Å². The van der Waals surface area contributed by atoms with Gasteiger partial charge < -0.3 is 11.1 Å². The molecular formula is C22H19N3O3. The monoisotopic (exact) mass is 373 g/mol. The molecule has 6 heteroatoms. The number of ketones is 1. The van der Waals surface area contributed by atoms with Gasteiger partial charge in [0.25, 0.3) is 5.91 Å². The van der Waals surface area contributed by atoms with Crippen molar-refractivity contribution >= 4 is 17.6 Å². The summed E-state index contributed by atoms with van der Waals surface area (Å²) in [4.78, 5) is 40.4. The molecule has 0 aliphatic carbocycles. The summed E-state index contributed by atoms with van der Waals surface area (Å²) in [6.45, 7) is 0. The van der Waals surface area contributed by atoms with Gasteiger partial charge in [0.1, 0.15) is 11.7 Å². The van der Waals surface area contributed by atoms with Gasteiger partial charge in [-0.3, -0.25) is 19.4 Å². The standard InChI is InChI=1S/C22H19N3O3/c23-21(27)19(25-22(28)18-8-4-5-13-24-18)14-15-9-11-17(12-10-15)20(26)16-6-2-1-3-7-16/h1-13,19H,14H2,(H2,23,27)(H,25,28)/t19-/m1/s1. The smallest absolute Gasteiger partial charge is 0.270 e. The summed E-state index contributed by atoms with van der Waals surface area (Å²) in [5.74, 6) is -1.20. The summed E-state index contributed by atoms with van der Waals surface area (Å²) in [7, 11) is 0. The Balaban J connectivity index is 1.69. The highest BCUT2D eigenvalue weighted by Gasteiger charge is 2.20. The van der Waals surface area contributed by atoms with E-state index in [9.17, 15) is 14.4 Å². The topological polar surface area (TPSA) is 102 Å². The molecule has 0 aliphatic heterocycles. The van der Waals surface area contributed by atoms with Crippen LogP contribution in [0.4, 0.5) is 0 Å². The number of nitrogens with one attached hydrogen (secondary N) is 1. The predicted octanol–water partition coefficient (Wildman–Crippen LogP) is 2.14. The molecule has 28 heavy (non-hydrogen) atoms. The molecule has 3 aromatic rings. The van der Waals surface area contributed by atoms with Crippen LogP contribution >= 0.6 is 0 Å². The van der Waals surface area contributed by atoms with Gasteiger partial charge in [0.05, 0.1) is 0 Å². The van der Waals surface area contributed by atoms with Crippen LogP contribution in [0, 0.1) is 0 Å². The molecule has 0 radical (unpaired) electrons. The number of hydrogen-bond acceptors (Lipinski definition) is 4. The molecule has 0 spiro atoms. The molecule has 2 aromatic carbocycles. The van der Waals surface area contributed by atoms with Crippen LogP contribution in [-0.2, 0) is 11.2 Å².